The molecule has 4 aliphatic rings. The first kappa shape index (κ1) is 27.2. The standard InChI is InChI=1S/C32H34N2O7/c1-31-15-6-7-18-40-30(38)26(31)25-28(36)34(23(20-35)19-21-9-4-3-5-10-21)27-29(37)33(17-8-16-32(25,27)41-31)22-11-13-24(39-2)14-12-22/h3-6,8-16,23,25-27,35H,7,17-20H2,1-2H3/t23-,25+,26-,27?,31+,32+/m1/s1. The Kier molecular flexibility index (Phi) is 6.95. The summed E-state index contributed by atoms with van der Waals surface area (Å²) in [6.07, 6.45) is 8.20. The number of likely N-dealkylation sites (tertiary alicyclic amines) is 1. The molecule has 0 saturated carbocycles. The predicted molar refractivity (Wildman–Crippen MR) is 150 cm³/mol. The maximum absolute atomic E-state index is 14.6. The number of ether oxygens (including phenoxy) is 3. The number of cyclic esters (lactones) is 1. The molecule has 2 fully saturated rings. The van der Waals surface area contributed by atoms with Gasteiger partial charge in [-0.2, -0.15) is 0 Å². The highest BCUT2D eigenvalue weighted by Crippen LogP contribution is 2.57. The minimum atomic E-state index is -1.44. The number of methoxy groups -OCH3 is 1. The van der Waals surface area contributed by atoms with Crippen LogP contribution in [-0.2, 0) is 30.3 Å². The van der Waals surface area contributed by atoms with E-state index in [1.165, 1.54) is 4.90 Å². The van der Waals surface area contributed by atoms with E-state index in [1.807, 2.05) is 48.6 Å². The predicted octanol–water partition coefficient (Wildman–Crippen LogP) is 2.68. The number of anilines is 1. The second-order valence-electron chi connectivity index (χ2n) is 11.2. The first-order valence-electron chi connectivity index (χ1n) is 14.0. The molecule has 4 aliphatic heterocycles. The van der Waals surface area contributed by atoms with E-state index in [1.54, 1.807) is 49.3 Å². The highest BCUT2D eigenvalue weighted by atomic mass is 16.6. The van der Waals surface area contributed by atoms with E-state index >= 15 is 0 Å². The number of esters is 1. The lowest BCUT2D eigenvalue weighted by atomic mass is 9.74. The Labute approximate surface area is 239 Å². The molecule has 41 heavy (non-hydrogen) atoms. The number of amides is 2. The van der Waals surface area contributed by atoms with Crippen molar-refractivity contribution < 1.29 is 33.7 Å². The molecule has 9 nitrogen and oxygen atoms in total. The monoisotopic (exact) mass is 558 g/mol. The molecule has 2 aromatic rings. The van der Waals surface area contributed by atoms with Crippen LogP contribution in [0.3, 0.4) is 0 Å². The maximum atomic E-state index is 14.6. The van der Waals surface area contributed by atoms with Crippen LogP contribution in [0.2, 0.25) is 0 Å². The molecule has 2 saturated heterocycles. The molecule has 214 valence electrons. The van der Waals surface area contributed by atoms with Gasteiger partial charge in [-0.1, -0.05) is 54.6 Å². The van der Waals surface area contributed by atoms with Gasteiger partial charge in [-0.25, -0.2) is 0 Å². The number of hydrogen-bond acceptors (Lipinski definition) is 7. The average molecular weight is 559 g/mol. The maximum Gasteiger partial charge on any atom is 0.313 e. The molecule has 0 bridgehead atoms. The minimum Gasteiger partial charge on any atom is -0.497 e. The zero-order chi connectivity index (χ0) is 28.8. The molecule has 2 amide bonds. The summed E-state index contributed by atoms with van der Waals surface area (Å²) >= 11 is 0. The zero-order valence-corrected chi connectivity index (χ0v) is 23.1. The lowest BCUT2D eigenvalue weighted by Gasteiger charge is -2.40. The van der Waals surface area contributed by atoms with E-state index in [9.17, 15) is 19.5 Å². The summed E-state index contributed by atoms with van der Waals surface area (Å²) in [6, 6.07) is 14.8. The van der Waals surface area contributed by atoms with Crippen LogP contribution in [0.25, 0.3) is 0 Å². The van der Waals surface area contributed by atoms with Crippen LogP contribution < -0.4 is 9.64 Å². The normalized spacial score (nSPS) is 31.5. The Hall–Kier alpha value is -3.95. The first-order chi connectivity index (χ1) is 19.8. The van der Waals surface area contributed by atoms with E-state index in [0.29, 0.717) is 24.3 Å². The van der Waals surface area contributed by atoms with E-state index in [2.05, 4.69) is 0 Å². The molecule has 1 spiro atoms. The summed E-state index contributed by atoms with van der Waals surface area (Å²) in [4.78, 5) is 45.7. The Morgan fingerprint density at radius 1 is 1.00 bits per heavy atom. The van der Waals surface area contributed by atoms with Crippen LogP contribution in [0.1, 0.15) is 18.9 Å². The number of hydrogen-bond donors (Lipinski definition) is 1. The Balaban J connectivity index is 1.49. The number of aliphatic hydroxyl groups excluding tert-OH is 1. The molecule has 0 aromatic heterocycles. The van der Waals surface area contributed by atoms with Gasteiger partial charge in [0.2, 0.25) is 5.91 Å². The van der Waals surface area contributed by atoms with Gasteiger partial charge in [-0.3, -0.25) is 14.4 Å². The fourth-order valence-corrected chi connectivity index (χ4v) is 6.95. The number of carbonyl (C=O) groups excluding carboxylic acids is 3. The van der Waals surface area contributed by atoms with Crippen LogP contribution in [0.5, 0.6) is 5.75 Å². The van der Waals surface area contributed by atoms with Crippen molar-refractivity contribution in [2.24, 2.45) is 11.8 Å². The van der Waals surface area contributed by atoms with Gasteiger partial charge < -0.3 is 29.1 Å². The highest BCUT2D eigenvalue weighted by Gasteiger charge is 2.75. The fourth-order valence-electron chi connectivity index (χ4n) is 6.95. The van der Waals surface area contributed by atoms with Gasteiger partial charge in [-0.05, 0) is 49.6 Å². The van der Waals surface area contributed by atoms with Gasteiger partial charge in [0, 0.05) is 12.2 Å². The van der Waals surface area contributed by atoms with E-state index < -0.39 is 47.0 Å². The van der Waals surface area contributed by atoms with E-state index in [4.69, 9.17) is 14.2 Å². The molecule has 4 heterocycles. The van der Waals surface area contributed by atoms with Crippen molar-refractivity contribution >= 4 is 23.5 Å². The largest absolute Gasteiger partial charge is 0.497 e. The van der Waals surface area contributed by atoms with Crippen LogP contribution in [-0.4, -0.2) is 77.9 Å². The van der Waals surface area contributed by atoms with E-state index in [0.717, 1.165) is 5.56 Å². The first-order valence-corrected chi connectivity index (χ1v) is 14.0. The van der Waals surface area contributed by atoms with Crippen molar-refractivity contribution in [3.8, 4) is 5.75 Å². The van der Waals surface area contributed by atoms with Crippen LogP contribution in [0.15, 0.2) is 78.9 Å². The Morgan fingerprint density at radius 3 is 2.46 bits per heavy atom. The summed E-state index contributed by atoms with van der Waals surface area (Å²) in [5.74, 6) is -2.59. The highest BCUT2D eigenvalue weighted by molar-refractivity contribution is 6.05. The third-order valence-electron chi connectivity index (χ3n) is 8.76. The number of benzene rings is 2. The quantitative estimate of drug-likeness (QED) is 0.429. The smallest absolute Gasteiger partial charge is 0.313 e. The third kappa shape index (κ3) is 4.35. The summed E-state index contributed by atoms with van der Waals surface area (Å²) in [7, 11) is 1.57. The Morgan fingerprint density at radius 2 is 1.76 bits per heavy atom. The van der Waals surface area contributed by atoms with Gasteiger partial charge in [0.15, 0.2) is 0 Å². The van der Waals surface area contributed by atoms with Gasteiger partial charge in [0.05, 0.1) is 37.9 Å². The molecule has 2 aromatic carbocycles. The molecular formula is C32H34N2O7. The fraction of sp³-hybridized carbons (Fsp3) is 0.406. The lowest BCUT2D eigenvalue weighted by Crippen LogP contribution is -2.59. The van der Waals surface area contributed by atoms with Crippen LogP contribution >= 0.6 is 0 Å². The number of rotatable bonds is 6. The van der Waals surface area contributed by atoms with Gasteiger partial charge in [-0.15, -0.1) is 0 Å². The summed E-state index contributed by atoms with van der Waals surface area (Å²) in [5.41, 5.74) is -1.05. The third-order valence-corrected chi connectivity index (χ3v) is 8.76. The van der Waals surface area contributed by atoms with Crippen LogP contribution in [0, 0.1) is 11.8 Å². The molecule has 6 atom stereocenters. The van der Waals surface area contributed by atoms with Crippen LogP contribution in [0.4, 0.5) is 5.69 Å². The number of carbonyl (C=O) groups is 3. The molecule has 6 rings (SSSR count). The summed E-state index contributed by atoms with van der Waals surface area (Å²) in [6.45, 7) is 1.86. The van der Waals surface area contributed by atoms with Gasteiger partial charge in [0.1, 0.15) is 23.3 Å². The second kappa shape index (κ2) is 10.5. The van der Waals surface area contributed by atoms with E-state index in [-0.39, 0.29) is 25.7 Å². The van der Waals surface area contributed by atoms with Crippen molar-refractivity contribution in [3.05, 3.63) is 84.5 Å². The number of fused-ring (bicyclic) bond motifs is 2. The molecule has 0 aliphatic carbocycles. The summed E-state index contributed by atoms with van der Waals surface area (Å²) < 4.78 is 17.7. The zero-order valence-electron chi connectivity index (χ0n) is 23.1. The molecule has 9 heteroatoms. The SMILES string of the molecule is COc1ccc(N2CC=C[C@]34O[C@@]5(C)C=CCCOC(=O)[C@H]5[C@H]3C(=O)N([C@@H](CO)Cc3ccccc3)C4C2=O)cc1. The molecule has 1 unspecified atom stereocenters. The number of nitrogens with zero attached hydrogens (tertiary/aromatic N) is 2. The average Bonchev–Trinajstić information content (AvgIpc) is 3.30. The van der Waals surface area contributed by atoms with Crippen molar-refractivity contribution in [3.63, 3.8) is 0 Å². The van der Waals surface area contributed by atoms with Crippen molar-refractivity contribution in [2.75, 3.05) is 31.8 Å². The minimum absolute atomic E-state index is 0.205. The Bertz CT molecular complexity index is 1390. The van der Waals surface area contributed by atoms with Crippen molar-refractivity contribution in [2.45, 2.75) is 43.1 Å². The molecule has 0 radical (unpaired) electrons. The lowest BCUT2D eigenvalue weighted by molar-refractivity contribution is -0.160. The van der Waals surface area contributed by atoms with Crippen molar-refractivity contribution in [1.29, 1.82) is 0 Å². The van der Waals surface area contributed by atoms with Gasteiger partial charge in [0.25, 0.3) is 5.91 Å². The van der Waals surface area contributed by atoms with Crippen molar-refractivity contribution in [1.82, 2.24) is 4.90 Å². The van der Waals surface area contributed by atoms with Gasteiger partial charge >= 0.3 is 5.97 Å². The molecular weight excluding hydrogens is 524 g/mol. The summed E-state index contributed by atoms with van der Waals surface area (Å²) in [5, 5.41) is 10.6. The molecule has 1 N–H and O–H groups in total. The number of aliphatic hydroxyl groups is 1. The second-order valence-corrected chi connectivity index (χ2v) is 11.2. The topological polar surface area (TPSA) is 106 Å².